The summed E-state index contributed by atoms with van der Waals surface area (Å²) in [6.45, 7) is 16.2. The van der Waals surface area contributed by atoms with E-state index in [0.717, 1.165) is 17.2 Å². The fourth-order valence-electron chi connectivity index (χ4n) is 7.08. The lowest BCUT2D eigenvalue weighted by Crippen LogP contribution is -2.61. The van der Waals surface area contributed by atoms with Crippen LogP contribution in [0.2, 0.25) is 0 Å². The van der Waals surface area contributed by atoms with E-state index in [2.05, 4.69) is 18.7 Å². The maximum absolute atomic E-state index is 13.8. The van der Waals surface area contributed by atoms with Crippen LogP contribution in [0.25, 0.3) is 21.8 Å². The number of carbonyl (C=O) groups excluding carboxylic acids is 2. The van der Waals surface area contributed by atoms with Gasteiger partial charge in [0.15, 0.2) is 0 Å². The van der Waals surface area contributed by atoms with E-state index in [-0.39, 0.29) is 12.0 Å². The molecule has 2 aliphatic rings. The Morgan fingerprint density at radius 2 is 1.24 bits per heavy atom. The molecule has 0 saturated heterocycles. The molecule has 6 rings (SSSR count). The summed E-state index contributed by atoms with van der Waals surface area (Å²) in [6.07, 6.45) is -0.0914. The molecule has 0 radical (unpaired) electrons. The van der Waals surface area contributed by atoms with E-state index in [0.29, 0.717) is 46.6 Å². The van der Waals surface area contributed by atoms with Gasteiger partial charge < -0.3 is 14.6 Å². The van der Waals surface area contributed by atoms with Gasteiger partial charge in [0.2, 0.25) is 0 Å². The third kappa shape index (κ3) is 4.18. The number of carbonyl (C=O) groups is 2. The molecule has 222 valence electrons. The average molecular weight is 572 g/mol. The highest BCUT2D eigenvalue weighted by atomic mass is 16.6. The Morgan fingerprint density at radius 3 is 1.62 bits per heavy atom. The molecule has 0 fully saturated rings. The Kier molecular flexibility index (Phi) is 6.41. The zero-order valence-electron chi connectivity index (χ0n) is 25.8. The molecular formula is C34H41N3O5. The summed E-state index contributed by atoms with van der Waals surface area (Å²) in [4.78, 5) is 29.7. The van der Waals surface area contributed by atoms with Crippen LogP contribution in [0.15, 0.2) is 48.5 Å². The van der Waals surface area contributed by atoms with Gasteiger partial charge in [0, 0.05) is 35.0 Å². The maximum atomic E-state index is 13.8. The topological polar surface area (TPSA) is 85.9 Å². The fourth-order valence-corrected chi connectivity index (χ4v) is 7.08. The van der Waals surface area contributed by atoms with Gasteiger partial charge in [0.25, 0.3) is 0 Å². The third-order valence-corrected chi connectivity index (χ3v) is 8.57. The zero-order chi connectivity index (χ0) is 30.4. The average Bonchev–Trinajstić information content (AvgIpc) is 3.39. The lowest BCUT2D eigenvalue weighted by molar-refractivity contribution is -0.0793. The standard InChI is InChI=1S/C34H41N3O5/c1-9-20(2)29-34(40)27-21-14-10-12-16-23(21)36(30(38)41-32(3,4)5)25(27)18-35(29)19-26-28(34)22-15-11-13-17-24(22)37(26)31(39)42-33(6,7)8/h10-17,20,29,40H,9,18-19H2,1-8H3/t20-,29-/m0/s1. The number of aliphatic hydroxyl groups is 1. The highest BCUT2D eigenvalue weighted by Crippen LogP contribution is 2.55. The molecule has 4 heterocycles. The molecule has 2 aromatic carbocycles. The van der Waals surface area contributed by atoms with Gasteiger partial charge in [-0.2, -0.15) is 0 Å². The monoisotopic (exact) mass is 571 g/mol. The van der Waals surface area contributed by atoms with Crippen LogP contribution >= 0.6 is 0 Å². The van der Waals surface area contributed by atoms with Crippen molar-refractivity contribution in [3.05, 3.63) is 71.0 Å². The van der Waals surface area contributed by atoms with Crippen LogP contribution in [-0.2, 0) is 28.2 Å². The van der Waals surface area contributed by atoms with Crippen LogP contribution in [0.5, 0.6) is 0 Å². The molecule has 0 amide bonds. The van der Waals surface area contributed by atoms with Gasteiger partial charge in [-0.1, -0.05) is 56.7 Å². The van der Waals surface area contributed by atoms with Gasteiger partial charge in [0.05, 0.1) is 28.5 Å². The van der Waals surface area contributed by atoms with Crippen molar-refractivity contribution < 1.29 is 24.2 Å². The number of nitrogens with zero attached hydrogens (tertiary/aromatic N) is 3. The van der Waals surface area contributed by atoms with E-state index in [1.54, 1.807) is 9.13 Å². The number of benzene rings is 2. The van der Waals surface area contributed by atoms with E-state index in [1.165, 1.54) is 0 Å². The highest BCUT2D eigenvalue weighted by Gasteiger charge is 2.58. The summed E-state index contributed by atoms with van der Waals surface area (Å²) in [7, 11) is 0. The van der Waals surface area contributed by atoms with E-state index in [9.17, 15) is 14.7 Å². The molecule has 8 heteroatoms. The molecule has 2 atom stereocenters. The number of hydrogen-bond donors (Lipinski definition) is 1. The van der Waals surface area contributed by atoms with E-state index in [4.69, 9.17) is 9.47 Å². The molecule has 0 spiro atoms. The largest absolute Gasteiger partial charge is 0.443 e. The van der Waals surface area contributed by atoms with Gasteiger partial charge in [-0.3, -0.25) is 4.90 Å². The smallest absolute Gasteiger partial charge is 0.419 e. The second-order valence-corrected chi connectivity index (χ2v) is 13.8. The minimum atomic E-state index is -1.52. The summed E-state index contributed by atoms with van der Waals surface area (Å²) in [5, 5.41) is 15.0. The Bertz CT molecular complexity index is 1620. The number of ether oxygens (including phenoxy) is 2. The summed E-state index contributed by atoms with van der Waals surface area (Å²) in [5.74, 6) is 0.114. The van der Waals surface area contributed by atoms with Crippen molar-refractivity contribution in [1.29, 1.82) is 0 Å². The minimum absolute atomic E-state index is 0.114. The van der Waals surface area contributed by atoms with Crippen molar-refractivity contribution >= 4 is 34.0 Å². The molecular weight excluding hydrogens is 530 g/mol. The van der Waals surface area contributed by atoms with Crippen molar-refractivity contribution in [2.75, 3.05) is 0 Å². The summed E-state index contributed by atoms with van der Waals surface area (Å²) in [6, 6.07) is 15.1. The van der Waals surface area contributed by atoms with Crippen LogP contribution in [0.3, 0.4) is 0 Å². The minimum Gasteiger partial charge on any atom is -0.443 e. The van der Waals surface area contributed by atoms with Gasteiger partial charge in [-0.05, 0) is 59.6 Å². The number of hydrogen-bond acceptors (Lipinski definition) is 6. The maximum Gasteiger partial charge on any atom is 0.419 e. The zero-order valence-corrected chi connectivity index (χ0v) is 25.8. The predicted molar refractivity (Wildman–Crippen MR) is 163 cm³/mol. The molecule has 2 bridgehead atoms. The fraction of sp³-hybridized carbons (Fsp3) is 0.471. The molecule has 0 unspecified atom stereocenters. The normalized spacial score (nSPS) is 22.5. The van der Waals surface area contributed by atoms with Crippen LogP contribution in [0.1, 0.15) is 84.3 Å². The quantitative estimate of drug-likeness (QED) is 0.275. The Hall–Kier alpha value is -3.62. The molecule has 1 N–H and O–H groups in total. The molecule has 2 aliphatic heterocycles. The lowest BCUT2D eigenvalue weighted by Gasteiger charge is -2.53. The Morgan fingerprint density at radius 1 is 0.833 bits per heavy atom. The van der Waals surface area contributed by atoms with Gasteiger partial charge in [0.1, 0.15) is 16.8 Å². The van der Waals surface area contributed by atoms with Crippen molar-refractivity contribution in [2.45, 2.75) is 97.7 Å². The summed E-state index contributed by atoms with van der Waals surface area (Å²) < 4.78 is 15.0. The molecule has 0 saturated carbocycles. The van der Waals surface area contributed by atoms with Crippen molar-refractivity contribution in [2.24, 2.45) is 5.92 Å². The van der Waals surface area contributed by atoms with Gasteiger partial charge in [-0.25, -0.2) is 18.7 Å². The van der Waals surface area contributed by atoms with E-state index < -0.39 is 29.0 Å². The number of rotatable bonds is 2. The number of aromatic nitrogens is 2. The Balaban J connectivity index is 1.71. The number of para-hydroxylation sites is 2. The van der Waals surface area contributed by atoms with Crippen LogP contribution in [0.4, 0.5) is 9.59 Å². The first-order valence-corrected chi connectivity index (χ1v) is 14.9. The molecule has 8 nitrogen and oxygen atoms in total. The first-order chi connectivity index (χ1) is 19.7. The molecule has 2 aromatic heterocycles. The van der Waals surface area contributed by atoms with Crippen LogP contribution in [0, 0.1) is 5.92 Å². The first kappa shape index (κ1) is 28.5. The SMILES string of the molecule is CC[C@H](C)[C@@H]1N2Cc3c(c4ccccc4n3C(=O)OC(C)(C)C)C1(O)c1c(n(C(=O)OC(C)(C)C)c3ccccc13)C2. The van der Waals surface area contributed by atoms with Crippen molar-refractivity contribution in [1.82, 2.24) is 14.0 Å². The molecule has 42 heavy (non-hydrogen) atoms. The van der Waals surface area contributed by atoms with E-state index in [1.807, 2.05) is 90.1 Å². The highest BCUT2D eigenvalue weighted by molar-refractivity contribution is 5.99. The number of fused-ring (bicyclic) bond motifs is 10. The van der Waals surface area contributed by atoms with Gasteiger partial charge >= 0.3 is 12.2 Å². The second-order valence-electron chi connectivity index (χ2n) is 13.8. The Labute approximate surface area is 246 Å². The third-order valence-electron chi connectivity index (χ3n) is 8.57. The van der Waals surface area contributed by atoms with E-state index >= 15 is 0 Å². The first-order valence-electron chi connectivity index (χ1n) is 14.9. The second kappa shape index (κ2) is 9.44. The summed E-state index contributed by atoms with van der Waals surface area (Å²) in [5.41, 5.74) is 1.33. The van der Waals surface area contributed by atoms with Crippen LogP contribution in [-0.4, -0.2) is 48.6 Å². The summed E-state index contributed by atoms with van der Waals surface area (Å²) >= 11 is 0. The van der Waals surface area contributed by atoms with Gasteiger partial charge in [-0.15, -0.1) is 0 Å². The molecule has 0 aliphatic carbocycles. The van der Waals surface area contributed by atoms with Crippen molar-refractivity contribution in [3.8, 4) is 0 Å². The predicted octanol–water partition coefficient (Wildman–Crippen LogP) is 7.14. The molecule has 4 aromatic rings. The lowest BCUT2D eigenvalue weighted by atomic mass is 9.68. The van der Waals surface area contributed by atoms with Crippen molar-refractivity contribution in [3.63, 3.8) is 0 Å². The van der Waals surface area contributed by atoms with Crippen LogP contribution < -0.4 is 0 Å².